The number of hydrogen-bond acceptors (Lipinski definition) is 4. The van der Waals surface area contributed by atoms with E-state index in [1.165, 1.54) is 16.9 Å². The first-order valence-corrected chi connectivity index (χ1v) is 8.99. The zero-order valence-electron chi connectivity index (χ0n) is 13.5. The Hall–Kier alpha value is -2.21. The van der Waals surface area contributed by atoms with Crippen molar-refractivity contribution >= 4 is 23.2 Å². The number of rotatable bonds is 6. The Balaban J connectivity index is 1.54. The van der Waals surface area contributed by atoms with E-state index in [1.54, 1.807) is 0 Å². The highest BCUT2D eigenvalue weighted by molar-refractivity contribution is 7.13. The van der Waals surface area contributed by atoms with Crippen molar-refractivity contribution in [2.24, 2.45) is 5.92 Å². The Labute approximate surface area is 144 Å². The molecule has 1 heterocycles. The van der Waals surface area contributed by atoms with Gasteiger partial charge in [-0.2, -0.15) is 0 Å². The number of thiazole rings is 1. The van der Waals surface area contributed by atoms with Crippen molar-refractivity contribution in [1.82, 2.24) is 10.3 Å². The molecule has 0 radical (unpaired) electrons. The molecule has 0 saturated heterocycles. The number of nitrogens with zero attached hydrogens (tertiary/aromatic N) is 1. The minimum atomic E-state index is -0.779. The first kappa shape index (κ1) is 16.6. The maximum atomic E-state index is 12.0. The zero-order chi connectivity index (χ0) is 17.1. The minimum absolute atomic E-state index is 0.0155. The predicted molar refractivity (Wildman–Crippen MR) is 92.9 cm³/mol. The van der Waals surface area contributed by atoms with Gasteiger partial charge in [-0.1, -0.05) is 31.2 Å². The Morgan fingerprint density at radius 1 is 1.29 bits per heavy atom. The van der Waals surface area contributed by atoms with Crippen LogP contribution in [0.5, 0.6) is 0 Å². The average molecular weight is 344 g/mol. The van der Waals surface area contributed by atoms with Gasteiger partial charge in [-0.3, -0.25) is 9.59 Å². The third-order valence-corrected chi connectivity index (χ3v) is 5.30. The van der Waals surface area contributed by atoms with E-state index < -0.39 is 5.97 Å². The summed E-state index contributed by atoms with van der Waals surface area (Å²) in [5.41, 5.74) is 3.10. The van der Waals surface area contributed by atoms with Gasteiger partial charge in [-0.25, -0.2) is 4.98 Å². The van der Waals surface area contributed by atoms with Crippen LogP contribution < -0.4 is 5.32 Å². The second-order valence-electron chi connectivity index (χ2n) is 6.14. The number of nitrogens with one attached hydrogen (secondary N) is 1. The quantitative estimate of drug-likeness (QED) is 0.844. The van der Waals surface area contributed by atoms with Crippen LogP contribution in [0.3, 0.4) is 0 Å². The average Bonchev–Trinajstić information content (AvgIpc) is 2.98. The van der Waals surface area contributed by atoms with E-state index in [0.717, 1.165) is 22.7 Å². The van der Waals surface area contributed by atoms with Crippen LogP contribution >= 0.6 is 11.3 Å². The first-order chi connectivity index (χ1) is 11.5. The van der Waals surface area contributed by atoms with Crippen LogP contribution in [-0.2, 0) is 22.4 Å². The van der Waals surface area contributed by atoms with E-state index >= 15 is 0 Å². The molecule has 3 rings (SSSR count). The molecule has 2 N–H and O–H groups in total. The molecule has 1 aliphatic rings. The van der Waals surface area contributed by atoms with Crippen LogP contribution in [0, 0.1) is 5.92 Å². The number of carbonyl (C=O) groups excluding carboxylic acids is 1. The van der Waals surface area contributed by atoms with Gasteiger partial charge in [0.25, 0.3) is 0 Å². The molecule has 1 aromatic heterocycles. The minimum Gasteiger partial charge on any atom is -0.481 e. The molecule has 6 heteroatoms. The van der Waals surface area contributed by atoms with Crippen molar-refractivity contribution in [3.63, 3.8) is 0 Å². The Kier molecular flexibility index (Phi) is 4.94. The van der Waals surface area contributed by atoms with E-state index in [1.807, 2.05) is 5.38 Å². The summed E-state index contributed by atoms with van der Waals surface area (Å²) < 4.78 is 0. The molecule has 2 aromatic rings. The highest BCUT2D eigenvalue weighted by Crippen LogP contribution is 2.28. The Bertz CT molecular complexity index is 733. The van der Waals surface area contributed by atoms with E-state index in [2.05, 4.69) is 41.5 Å². The summed E-state index contributed by atoms with van der Waals surface area (Å²) in [4.78, 5) is 27.3. The highest BCUT2D eigenvalue weighted by Gasteiger charge is 2.35. The van der Waals surface area contributed by atoms with E-state index in [4.69, 9.17) is 5.11 Å². The lowest BCUT2D eigenvalue weighted by Crippen LogP contribution is -2.47. The van der Waals surface area contributed by atoms with E-state index in [9.17, 15) is 9.59 Å². The van der Waals surface area contributed by atoms with Crippen molar-refractivity contribution in [2.45, 2.75) is 38.6 Å². The topological polar surface area (TPSA) is 79.3 Å². The van der Waals surface area contributed by atoms with Gasteiger partial charge < -0.3 is 10.4 Å². The molecule has 1 aromatic carbocycles. The van der Waals surface area contributed by atoms with Crippen LogP contribution in [0.2, 0.25) is 0 Å². The molecule has 0 unspecified atom stereocenters. The summed E-state index contributed by atoms with van der Waals surface area (Å²) >= 11 is 1.53. The molecule has 1 amide bonds. The summed E-state index contributed by atoms with van der Waals surface area (Å²) in [6.45, 7) is 2.12. The Morgan fingerprint density at radius 3 is 2.62 bits per heavy atom. The number of aromatic nitrogens is 1. The number of aliphatic carboxylic acids is 1. The summed E-state index contributed by atoms with van der Waals surface area (Å²) in [5, 5.41) is 14.5. The summed E-state index contributed by atoms with van der Waals surface area (Å²) in [5.74, 6) is -1.19. The molecule has 5 nitrogen and oxygen atoms in total. The SMILES string of the molecule is CCc1ccc(-c2nc(CC(=O)NC3CC(C(=O)O)C3)cs2)cc1. The molecule has 1 aliphatic carbocycles. The third-order valence-electron chi connectivity index (χ3n) is 4.35. The number of hydrogen-bond donors (Lipinski definition) is 2. The number of benzene rings is 1. The van der Waals surface area contributed by atoms with Gasteiger partial charge in [-0.15, -0.1) is 11.3 Å². The zero-order valence-corrected chi connectivity index (χ0v) is 14.3. The number of carbonyl (C=O) groups is 2. The molecule has 0 spiro atoms. The Morgan fingerprint density at radius 2 is 2.00 bits per heavy atom. The van der Waals surface area contributed by atoms with Gasteiger partial charge in [0.15, 0.2) is 0 Å². The molecule has 1 saturated carbocycles. The smallest absolute Gasteiger partial charge is 0.306 e. The maximum Gasteiger partial charge on any atom is 0.306 e. The van der Waals surface area contributed by atoms with Crippen LogP contribution in [0.1, 0.15) is 31.0 Å². The summed E-state index contributed by atoms with van der Waals surface area (Å²) in [6.07, 6.45) is 2.28. The van der Waals surface area contributed by atoms with Crippen molar-refractivity contribution in [3.05, 3.63) is 40.9 Å². The molecule has 1 fully saturated rings. The first-order valence-electron chi connectivity index (χ1n) is 8.11. The summed E-state index contributed by atoms with van der Waals surface area (Å²) in [7, 11) is 0. The van der Waals surface area contributed by atoms with Crippen molar-refractivity contribution < 1.29 is 14.7 Å². The second kappa shape index (κ2) is 7.13. The number of carboxylic acids is 1. The number of amides is 1. The fraction of sp³-hybridized carbons (Fsp3) is 0.389. The highest BCUT2D eigenvalue weighted by atomic mass is 32.1. The molecule has 0 atom stereocenters. The predicted octanol–water partition coefficient (Wildman–Crippen LogP) is 2.89. The van der Waals surface area contributed by atoms with Crippen LogP contribution in [0.4, 0.5) is 0 Å². The lowest BCUT2D eigenvalue weighted by atomic mass is 9.80. The molecular formula is C18H20N2O3S. The molecule has 24 heavy (non-hydrogen) atoms. The fourth-order valence-electron chi connectivity index (χ4n) is 2.78. The number of carboxylic acid groups (broad SMARTS) is 1. The molecule has 0 bridgehead atoms. The van der Waals surface area contributed by atoms with Crippen LogP contribution in [0.15, 0.2) is 29.6 Å². The lowest BCUT2D eigenvalue weighted by Gasteiger charge is -2.32. The fourth-order valence-corrected chi connectivity index (χ4v) is 3.61. The van der Waals surface area contributed by atoms with E-state index in [-0.39, 0.29) is 24.3 Å². The summed E-state index contributed by atoms with van der Waals surface area (Å²) in [6, 6.07) is 8.29. The van der Waals surface area contributed by atoms with Gasteiger partial charge in [0.1, 0.15) is 5.01 Å². The van der Waals surface area contributed by atoms with Gasteiger partial charge in [0, 0.05) is 17.0 Å². The molecule has 126 valence electrons. The van der Waals surface area contributed by atoms with Gasteiger partial charge >= 0.3 is 5.97 Å². The van der Waals surface area contributed by atoms with E-state index in [0.29, 0.717) is 12.8 Å². The maximum absolute atomic E-state index is 12.0. The monoisotopic (exact) mass is 344 g/mol. The van der Waals surface area contributed by atoms with Crippen molar-refractivity contribution in [2.75, 3.05) is 0 Å². The van der Waals surface area contributed by atoms with Gasteiger partial charge in [0.2, 0.25) is 5.91 Å². The van der Waals surface area contributed by atoms with Crippen LogP contribution in [0.25, 0.3) is 10.6 Å². The standard InChI is InChI=1S/C18H20N2O3S/c1-2-11-3-5-12(6-4-11)17-20-15(10-24-17)9-16(21)19-14-7-13(8-14)18(22)23/h3-6,10,13-14H,2,7-9H2,1H3,(H,19,21)(H,22,23). The molecular weight excluding hydrogens is 324 g/mol. The second-order valence-corrected chi connectivity index (χ2v) is 7.00. The largest absolute Gasteiger partial charge is 0.481 e. The van der Waals surface area contributed by atoms with Crippen LogP contribution in [-0.4, -0.2) is 28.0 Å². The van der Waals surface area contributed by atoms with Gasteiger partial charge in [0.05, 0.1) is 18.0 Å². The van der Waals surface area contributed by atoms with Gasteiger partial charge in [-0.05, 0) is 24.8 Å². The van der Waals surface area contributed by atoms with Crippen molar-refractivity contribution in [1.29, 1.82) is 0 Å². The molecule has 0 aliphatic heterocycles. The van der Waals surface area contributed by atoms with Crippen molar-refractivity contribution in [3.8, 4) is 10.6 Å². The lowest BCUT2D eigenvalue weighted by molar-refractivity contribution is -0.146. The normalized spacial score (nSPS) is 19.5. The number of aryl methyl sites for hydroxylation is 1. The third kappa shape index (κ3) is 3.82.